The Balaban J connectivity index is 1.45. The quantitative estimate of drug-likeness (QED) is 0.572. The molecular formula is C26H32N6O. The molecule has 1 N–H and O–H groups in total. The molecule has 0 unspecified atom stereocenters. The van der Waals surface area contributed by atoms with Gasteiger partial charge in [-0.05, 0) is 56.3 Å². The van der Waals surface area contributed by atoms with Crippen molar-refractivity contribution < 1.29 is 4.79 Å². The second-order valence-corrected chi connectivity index (χ2v) is 8.97. The van der Waals surface area contributed by atoms with E-state index in [1.54, 1.807) is 10.9 Å². The highest BCUT2D eigenvalue weighted by Crippen LogP contribution is 2.42. The first-order valence-corrected chi connectivity index (χ1v) is 12.2. The molecule has 1 saturated carbocycles. The average Bonchev–Trinajstić information content (AvgIpc) is 3.62. The Bertz CT molecular complexity index is 1150. The van der Waals surface area contributed by atoms with Crippen molar-refractivity contribution in [3.63, 3.8) is 0 Å². The van der Waals surface area contributed by atoms with Crippen LogP contribution in [0.5, 0.6) is 0 Å². The van der Waals surface area contributed by atoms with E-state index < -0.39 is 0 Å². The monoisotopic (exact) mass is 444 g/mol. The van der Waals surface area contributed by atoms with Gasteiger partial charge in [-0.3, -0.25) is 4.79 Å². The Kier molecular flexibility index (Phi) is 6.22. The summed E-state index contributed by atoms with van der Waals surface area (Å²) in [6.07, 6.45) is 8.89. The van der Waals surface area contributed by atoms with Crippen LogP contribution in [0.1, 0.15) is 66.2 Å². The third-order valence-electron chi connectivity index (χ3n) is 6.83. The topological polar surface area (TPSA) is 75.9 Å². The number of carbonyl (C=O) groups excluding carboxylic acids is 1. The Morgan fingerprint density at radius 3 is 2.70 bits per heavy atom. The first kappa shape index (κ1) is 21.8. The number of nitrogens with zero attached hydrogens (tertiary/aromatic N) is 5. The van der Waals surface area contributed by atoms with E-state index in [9.17, 15) is 4.79 Å². The lowest BCUT2D eigenvalue weighted by Crippen LogP contribution is -2.35. The van der Waals surface area contributed by atoms with Crippen molar-refractivity contribution in [3.8, 4) is 17.2 Å². The van der Waals surface area contributed by atoms with Gasteiger partial charge >= 0.3 is 0 Å². The van der Waals surface area contributed by atoms with Crippen LogP contribution < -0.4 is 5.32 Å². The fourth-order valence-electron chi connectivity index (χ4n) is 4.76. The molecule has 7 heteroatoms. The van der Waals surface area contributed by atoms with Crippen LogP contribution in [0.4, 0.5) is 0 Å². The molecule has 0 bridgehead atoms. The van der Waals surface area contributed by atoms with Gasteiger partial charge in [0.25, 0.3) is 11.9 Å². The van der Waals surface area contributed by atoms with Gasteiger partial charge in [-0.1, -0.05) is 38.1 Å². The SMILES string of the molecule is CCN(CC)CCNC(=O)c1cnn(-c2ncc3c(n2)-c2ccccc2CCC3)c1C1CC1. The van der Waals surface area contributed by atoms with E-state index in [1.165, 1.54) is 16.7 Å². The fourth-order valence-corrected chi connectivity index (χ4v) is 4.76. The summed E-state index contributed by atoms with van der Waals surface area (Å²) in [6, 6.07) is 8.50. The Morgan fingerprint density at radius 1 is 1.12 bits per heavy atom. The van der Waals surface area contributed by atoms with Crippen LogP contribution in [0.3, 0.4) is 0 Å². The summed E-state index contributed by atoms with van der Waals surface area (Å²) < 4.78 is 1.80. The summed E-state index contributed by atoms with van der Waals surface area (Å²) in [5, 5.41) is 7.68. The van der Waals surface area contributed by atoms with Gasteiger partial charge < -0.3 is 10.2 Å². The number of rotatable bonds is 8. The smallest absolute Gasteiger partial charge is 0.254 e. The second-order valence-electron chi connectivity index (χ2n) is 8.97. The number of carbonyl (C=O) groups is 1. The summed E-state index contributed by atoms with van der Waals surface area (Å²) >= 11 is 0. The predicted octanol–water partition coefficient (Wildman–Crippen LogP) is 3.77. The molecule has 0 radical (unpaired) electrons. The van der Waals surface area contributed by atoms with Gasteiger partial charge in [0.15, 0.2) is 0 Å². The molecule has 5 rings (SSSR count). The van der Waals surface area contributed by atoms with E-state index in [2.05, 4.69) is 58.4 Å². The van der Waals surface area contributed by atoms with Gasteiger partial charge in [0.1, 0.15) is 0 Å². The van der Waals surface area contributed by atoms with E-state index in [0.29, 0.717) is 24.0 Å². The highest BCUT2D eigenvalue weighted by atomic mass is 16.1. The minimum absolute atomic E-state index is 0.0598. The summed E-state index contributed by atoms with van der Waals surface area (Å²) in [4.78, 5) is 25.0. The summed E-state index contributed by atoms with van der Waals surface area (Å²) in [7, 11) is 0. The maximum atomic E-state index is 13.0. The minimum Gasteiger partial charge on any atom is -0.351 e. The van der Waals surface area contributed by atoms with Gasteiger partial charge in [0, 0.05) is 30.8 Å². The van der Waals surface area contributed by atoms with Crippen molar-refractivity contribution in [2.45, 2.75) is 51.9 Å². The van der Waals surface area contributed by atoms with Crippen molar-refractivity contribution >= 4 is 5.91 Å². The number of likely N-dealkylation sites (N-methyl/N-ethyl adjacent to an activating group) is 1. The number of fused-ring (bicyclic) bond motifs is 3. The molecule has 1 fully saturated rings. The molecule has 33 heavy (non-hydrogen) atoms. The van der Waals surface area contributed by atoms with Crippen molar-refractivity contribution in [1.82, 2.24) is 30.0 Å². The van der Waals surface area contributed by atoms with Gasteiger partial charge in [-0.15, -0.1) is 0 Å². The Morgan fingerprint density at radius 2 is 1.91 bits per heavy atom. The number of hydrogen-bond donors (Lipinski definition) is 1. The largest absolute Gasteiger partial charge is 0.351 e. The van der Waals surface area contributed by atoms with E-state index in [4.69, 9.17) is 4.98 Å². The summed E-state index contributed by atoms with van der Waals surface area (Å²) in [5.74, 6) is 0.829. The molecule has 2 aromatic heterocycles. The molecule has 2 aliphatic carbocycles. The van der Waals surface area contributed by atoms with Crippen LogP contribution in [-0.4, -0.2) is 56.7 Å². The fraction of sp³-hybridized carbons (Fsp3) is 0.462. The van der Waals surface area contributed by atoms with Crippen LogP contribution in [0.25, 0.3) is 17.2 Å². The molecule has 0 spiro atoms. The highest BCUT2D eigenvalue weighted by Gasteiger charge is 2.33. The number of benzene rings is 1. The zero-order valence-electron chi connectivity index (χ0n) is 19.5. The van der Waals surface area contributed by atoms with Gasteiger partial charge in [-0.25, -0.2) is 14.6 Å². The van der Waals surface area contributed by atoms with Crippen molar-refractivity contribution in [2.75, 3.05) is 26.2 Å². The molecule has 2 heterocycles. The molecule has 0 saturated heterocycles. The van der Waals surface area contributed by atoms with E-state index in [-0.39, 0.29) is 5.91 Å². The van der Waals surface area contributed by atoms with Gasteiger partial charge in [-0.2, -0.15) is 5.10 Å². The third kappa shape index (κ3) is 4.42. The zero-order valence-corrected chi connectivity index (χ0v) is 19.5. The number of hydrogen-bond acceptors (Lipinski definition) is 5. The number of amides is 1. The normalized spacial score (nSPS) is 15.1. The molecule has 7 nitrogen and oxygen atoms in total. The van der Waals surface area contributed by atoms with Crippen LogP contribution in [0.15, 0.2) is 36.7 Å². The lowest BCUT2D eigenvalue weighted by molar-refractivity contribution is 0.0948. The van der Waals surface area contributed by atoms with E-state index in [0.717, 1.165) is 63.1 Å². The molecular weight excluding hydrogens is 412 g/mol. The maximum Gasteiger partial charge on any atom is 0.254 e. The molecule has 1 amide bonds. The second kappa shape index (κ2) is 9.43. The lowest BCUT2D eigenvalue weighted by Gasteiger charge is -2.18. The predicted molar refractivity (Wildman–Crippen MR) is 129 cm³/mol. The van der Waals surface area contributed by atoms with E-state index >= 15 is 0 Å². The zero-order chi connectivity index (χ0) is 22.8. The molecule has 0 atom stereocenters. The first-order valence-electron chi connectivity index (χ1n) is 12.2. The van der Waals surface area contributed by atoms with Gasteiger partial charge in [0.05, 0.1) is 23.1 Å². The number of aryl methyl sites for hydroxylation is 2. The maximum absolute atomic E-state index is 13.0. The highest BCUT2D eigenvalue weighted by molar-refractivity contribution is 5.95. The van der Waals surface area contributed by atoms with Crippen LogP contribution in [0.2, 0.25) is 0 Å². The molecule has 1 aromatic carbocycles. The Hall–Kier alpha value is -3.06. The van der Waals surface area contributed by atoms with Gasteiger partial charge in [0.2, 0.25) is 0 Å². The average molecular weight is 445 g/mol. The standard InChI is InChI=1S/C26H32N6O/c1-3-31(4-2)15-14-27-25(33)22-17-29-32(24(22)19-12-13-19)26-28-16-20-10-7-9-18-8-5-6-11-21(18)23(20)30-26/h5-6,8,11,16-17,19H,3-4,7,9-10,12-15H2,1-2H3,(H,27,33). The number of aromatic nitrogens is 4. The van der Waals surface area contributed by atoms with Crippen LogP contribution in [-0.2, 0) is 12.8 Å². The summed E-state index contributed by atoms with van der Waals surface area (Å²) in [6.45, 7) is 7.72. The third-order valence-corrected chi connectivity index (χ3v) is 6.83. The molecule has 2 aliphatic rings. The molecule has 0 aliphatic heterocycles. The first-order chi connectivity index (χ1) is 16.2. The minimum atomic E-state index is -0.0598. The van der Waals surface area contributed by atoms with Crippen LogP contribution in [0, 0.1) is 0 Å². The summed E-state index contributed by atoms with van der Waals surface area (Å²) in [5.41, 5.74) is 6.28. The molecule has 172 valence electrons. The van der Waals surface area contributed by atoms with Crippen molar-refractivity contribution in [2.24, 2.45) is 0 Å². The van der Waals surface area contributed by atoms with E-state index in [1.807, 2.05) is 6.20 Å². The van der Waals surface area contributed by atoms with Crippen molar-refractivity contribution in [1.29, 1.82) is 0 Å². The Labute approximate surface area is 195 Å². The van der Waals surface area contributed by atoms with Crippen LogP contribution >= 0.6 is 0 Å². The number of nitrogens with one attached hydrogen (secondary N) is 1. The lowest BCUT2D eigenvalue weighted by atomic mass is 10.0. The molecule has 3 aromatic rings. The van der Waals surface area contributed by atoms with Crippen molar-refractivity contribution in [3.05, 3.63) is 59.0 Å².